The van der Waals surface area contributed by atoms with Crippen molar-refractivity contribution in [1.29, 1.82) is 0 Å². The first-order chi connectivity index (χ1) is 7.40. The minimum atomic E-state index is -10.7. The summed E-state index contributed by atoms with van der Waals surface area (Å²) in [5.74, 6) is 0. The first-order valence-electron chi connectivity index (χ1n) is 4.16. The molecule has 0 bridgehead atoms. The molecule has 0 rings (SSSR count). The second kappa shape index (κ2) is 5.98. The van der Waals surface area contributed by atoms with Gasteiger partial charge in [-0.05, 0) is 37.1 Å². The van der Waals surface area contributed by atoms with E-state index in [0.29, 0.717) is 0 Å². The Morgan fingerprint density at radius 3 is 1.22 bits per heavy atom. The van der Waals surface area contributed by atoms with Gasteiger partial charge >= 0.3 is 33.0 Å². The van der Waals surface area contributed by atoms with E-state index in [1.54, 1.807) is 9.80 Å². The van der Waals surface area contributed by atoms with Crippen molar-refractivity contribution in [2.45, 2.75) is 6.35 Å². The third kappa shape index (κ3) is 25.5. The SMILES string of the molecule is CN(C)C(OP(F)P)N(C)C.F[P-](F)(F)(F)(F)F. The minimum absolute atomic E-state index is 0.288. The molecule has 0 aliphatic carbocycles. The molecule has 116 valence electrons. The molecule has 0 aromatic carbocycles. The van der Waals surface area contributed by atoms with Crippen molar-refractivity contribution >= 4 is 24.9 Å². The van der Waals surface area contributed by atoms with Crippen molar-refractivity contribution < 1.29 is 33.9 Å². The van der Waals surface area contributed by atoms with Crippen molar-refractivity contribution in [2.75, 3.05) is 28.2 Å². The molecule has 0 heterocycles. The number of rotatable bonds is 4. The van der Waals surface area contributed by atoms with Gasteiger partial charge in [-0.25, -0.2) is 0 Å². The van der Waals surface area contributed by atoms with Gasteiger partial charge in [-0.1, -0.05) is 0 Å². The zero-order chi connectivity index (χ0) is 15.4. The first kappa shape index (κ1) is 21.0. The van der Waals surface area contributed by atoms with Gasteiger partial charge in [0, 0.05) is 0 Å². The third-order valence-electron chi connectivity index (χ3n) is 1.08. The van der Waals surface area contributed by atoms with Crippen molar-refractivity contribution in [3.63, 3.8) is 0 Å². The third-order valence-corrected chi connectivity index (χ3v) is 1.83. The summed E-state index contributed by atoms with van der Waals surface area (Å²) in [4.78, 5) is 3.61. The number of hydrogen-bond acceptors (Lipinski definition) is 3. The van der Waals surface area contributed by atoms with Gasteiger partial charge in [-0.15, -0.1) is 0 Å². The topological polar surface area (TPSA) is 15.7 Å². The summed E-state index contributed by atoms with van der Waals surface area (Å²) in [5, 5.41) is 0. The fourth-order valence-electron chi connectivity index (χ4n) is 0.741. The van der Waals surface area contributed by atoms with E-state index in [1.807, 2.05) is 37.1 Å². The Balaban J connectivity index is 0. The van der Waals surface area contributed by atoms with E-state index in [2.05, 4.69) is 0 Å². The Labute approximate surface area is 104 Å². The van der Waals surface area contributed by atoms with E-state index in [0.717, 1.165) is 0 Å². The summed E-state index contributed by atoms with van der Waals surface area (Å²) in [7, 11) is -3.15. The van der Waals surface area contributed by atoms with E-state index in [1.165, 1.54) is 0 Å². The average Bonchev–Trinajstić information content (AvgIpc) is 1.92. The molecule has 0 spiro atoms. The van der Waals surface area contributed by atoms with Gasteiger partial charge in [-0.2, -0.15) is 4.20 Å². The molecule has 0 aromatic heterocycles. The molecule has 18 heavy (non-hydrogen) atoms. The number of halogens is 7. The summed E-state index contributed by atoms with van der Waals surface area (Å²) in [5.41, 5.74) is 0. The van der Waals surface area contributed by atoms with Crippen LogP contribution < -0.4 is 0 Å². The van der Waals surface area contributed by atoms with Crippen LogP contribution in [0.4, 0.5) is 29.4 Å². The van der Waals surface area contributed by atoms with Gasteiger partial charge in [0.25, 0.3) is 0 Å². The zero-order valence-corrected chi connectivity index (χ0v) is 12.9. The zero-order valence-electron chi connectivity index (χ0n) is 10.00. The van der Waals surface area contributed by atoms with Crippen LogP contribution in [0.2, 0.25) is 0 Å². The fraction of sp³-hybridized carbons (Fsp3) is 1.00. The van der Waals surface area contributed by atoms with Gasteiger partial charge in [-0.3, -0.25) is 14.3 Å². The summed E-state index contributed by atoms with van der Waals surface area (Å²) in [6.07, 6.45) is -0.288. The summed E-state index contributed by atoms with van der Waals surface area (Å²) in [6, 6.07) is 0. The van der Waals surface area contributed by atoms with Crippen LogP contribution in [0.5, 0.6) is 0 Å². The maximum absolute atomic E-state index is 12.4. The van der Waals surface area contributed by atoms with Crippen LogP contribution in [-0.2, 0) is 4.52 Å². The van der Waals surface area contributed by atoms with E-state index >= 15 is 0 Å². The standard InChI is InChI=1S/C5H15FN2OP2.F6P/c1-7(2)5(8(3)4)9-11(6)10;1-7(2,3,4,5)6/h5H,10H2,1-4H3;/q;-1. The Kier molecular flexibility index (Phi) is 6.97. The molecule has 3 nitrogen and oxygen atoms in total. The van der Waals surface area contributed by atoms with E-state index in [-0.39, 0.29) is 6.35 Å². The normalized spacial score (nSPS) is 18.2. The molecule has 0 N–H and O–H groups in total. The molecule has 2 atom stereocenters. The predicted octanol–water partition coefficient (Wildman–Crippen LogP) is 4.86. The first-order valence-corrected chi connectivity index (χ1v) is 8.96. The van der Waals surface area contributed by atoms with Gasteiger partial charge in [0.05, 0.1) is 0 Å². The predicted molar refractivity (Wildman–Crippen MR) is 63.6 cm³/mol. The molecular formula is C5H15F7N2OP3-. The Morgan fingerprint density at radius 2 is 1.17 bits per heavy atom. The Morgan fingerprint density at radius 1 is 0.944 bits per heavy atom. The number of hydrogen-bond donors (Lipinski definition) is 0. The van der Waals surface area contributed by atoms with Crippen molar-refractivity contribution in [3.05, 3.63) is 0 Å². The molecule has 0 aromatic rings. The van der Waals surface area contributed by atoms with Crippen LogP contribution in [0.1, 0.15) is 0 Å². The Hall–Kier alpha value is 0.680. The second-order valence-corrected chi connectivity index (χ2v) is 7.48. The Bertz CT molecular complexity index is 234. The van der Waals surface area contributed by atoms with E-state index < -0.39 is 16.0 Å². The van der Waals surface area contributed by atoms with Crippen LogP contribution in [0, 0.1) is 0 Å². The van der Waals surface area contributed by atoms with Crippen LogP contribution in [-0.4, -0.2) is 44.3 Å². The molecule has 0 saturated heterocycles. The summed E-state index contributed by atoms with van der Waals surface area (Å²) < 4.78 is 76.6. The molecule has 0 saturated carbocycles. The summed E-state index contributed by atoms with van der Waals surface area (Å²) in [6.45, 7) is 0. The van der Waals surface area contributed by atoms with E-state index in [4.69, 9.17) is 4.52 Å². The molecule has 0 radical (unpaired) electrons. The van der Waals surface area contributed by atoms with E-state index in [9.17, 15) is 29.4 Å². The molecule has 0 aliphatic rings. The molecule has 0 aliphatic heterocycles. The molecule has 13 heteroatoms. The van der Waals surface area contributed by atoms with Crippen LogP contribution in [0.25, 0.3) is 0 Å². The van der Waals surface area contributed by atoms with Crippen molar-refractivity contribution in [2.24, 2.45) is 0 Å². The molecule has 0 fully saturated rings. The van der Waals surface area contributed by atoms with Gasteiger partial charge < -0.3 is 0 Å². The van der Waals surface area contributed by atoms with Gasteiger partial charge in [0.2, 0.25) is 8.15 Å². The molecular weight excluding hydrogens is 330 g/mol. The molecule has 2 unspecified atom stereocenters. The number of nitrogens with zero attached hydrogens (tertiary/aromatic N) is 2. The van der Waals surface area contributed by atoms with Crippen molar-refractivity contribution in [1.82, 2.24) is 9.80 Å². The van der Waals surface area contributed by atoms with Gasteiger partial charge in [0.15, 0.2) is 6.35 Å². The van der Waals surface area contributed by atoms with Crippen LogP contribution in [0.15, 0.2) is 0 Å². The monoisotopic (exact) mass is 345 g/mol. The van der Waals surface area contributed by atoms with Gasteiger partial charge in [0.1, 0.15) is 0 Å². The quantitative estimate of drug-likeness (QED) is 0.411. The fourth-order valence-corrected chi connectivity index (χ4v) is 1.62. The van der Waals surface area contributed by atoms with Crippen LogP contribution >= 0.6 is 24.9 Å². The van der Waals surface area contributed by atoms with Crippen molar-refractivity contribution in [3.8, 4) is 0 Å². The average molecular weight is 345 g/mol. The second-order valence-electron chi connectivity index (χ2n) is 3.59. The summed E-state index contributed by atoms with van der Waals surface area (Å²) >= 11 is 0. The van der Waals surface area contributed by atoms with Crippen LogP contribution in [0.3, 0.4) is 0 Å². The molecule has 0 amide bonds. The maximum atomic E-state index is 12.4.